The van der Waals surface area contributed by atoms with E-state index in [1.54, 1.807) is 0 Å². The molecule has 0 N–H and O–H groups in total. The zero-order valence-electron chi connectivity index (χ0n) is 18.9. The third-order valence-electron chi connectivity index (χ3n) is 5.46. The van der Waals surface area contributed by atoms with Gasteiger partial charge in [-0.3, -0.25) is 0 Å². The van der Waals surface area contributed by atoms with Crippen molar-refractivity contribution in [2.45, 2.75) is 122 Å². The van der Waals surface area contributed by atoms with Gasteiger partial charge in [-0.25, -0.2) is 0 Å². The van der Waals surface area contributed by atoms with Crippen molar-refractivity contribution in [3.8, 4) is 0 Å². The van der Waals surface area contributed by atoms with Crippen molar-refractivity contribution in [2.24, 2.45) is 0 Å². The summed E-state index contributed by atoms with van der Waals surface area (Å²) in [5.74, 6) is -0.902. The number of carbonyl (C=O) groups is 1. The highest BCUT2D eigenvalue weighted by molar-refractivity contribution is 5.63. The molecular weight excluding hydrogens is 334 g/mol. The Balaban J connectivity index is 3.04. The molecule has 0 aromatic carbocycles. The fourth-order valence-corrected chi connectivity index (χ4v) is 3.68. The second-order valence-corrected chi connectivity index (χ2v) is 9.50. The minimum atomic E-state index is -0.902. The Bertz CT molecular complexity index is 323. The summed E-state index contributed by atoms with van der Waals surface area (Å²) in [5.41, 5.74) is 0. The van der Waals surface area contributed by atoms with Gasteiger partial charge in [-0.15, -0.1) is 0 Å². The molecule has 0 saturated carbocycles. The van der Waals surface area contributed by atoms with Gasteiger partial charge in [0.05, 0.1) is 27.7 Å². The van der Waals surface area contributed by atoms with Crippen molar-refractivity contribution in [3.63, 3.8) is 0 Å². The quantitative estimate of drug-likeness (QED) is 0.184. The third-order valence-corrected chi connectivity index (χ3v) is 5.46. The Hall–Kier alpha value is -0.570. The first-order chi connectivity index (χ1) is 12.9. The van der Waals surface area contributed by atoms with Crippen LogP contribution in [0.3, 0.4) is 0 Å². The van der Waals surface area contributed by atoms with Crippen molar-refractivity contribution in [2.75, 3.05) is 27.7 Å². The van der Waals surface area contributed by atoms with Crippen LogP contribution in [0.1, 0.15) is 122 Å². The van der Waals surface area contributed by atoms with Gasteiger partial charge in [0.2, 0.25) is 0 Å². The van der Waals surface area contributed by atoms with E-state index in [-0.39, 0.29) is 6.42 Å². The van der Waals surface area contributed by atoms with E-state index in [1.165, 1.54) is 109 Å². The van der Waals surface area contributed by atoms with Crippen LogP contribution in [0.25, 0.3) is 0 Å². The number of hydrogen-bond donors (Lipinski definition) is 0. The van der Waals surface area contributed by atoms with Gasteiger partial charge in [-0.2, -0.15) is 0 Å². The normalized spacial score (nSPS) is 11.8. The molecule has 0 amide bonds. The number of carboxylic acid groups (broad SMARTS) is 1. The lowest BCUT2D eigenvalue weighted by atomic mass is 10.0. The molecule has 0 heterocycles. The molecule has 0 atom stereocenters. The molecule has 0 saturated heterocycles. The van der Waals surface area contributed by atoms with Gasteiger partial charge in [0.25, 0.3) is 0 Å². The van der Waals surface area contributed by atoms with E-state index in [1.807, 2.05) is 0 Å². The fourth-order valence-electron chi connectivity index (χ4n) is 3.68. The van der Waals surface area contributed by atoms with Crippen molar-refractivity contribution in [1.29, 1.82) is 0 Å². The van der Waals surface area contributed by atoms with Gasteiger partial charge >= 0.3 is 0 Å². The summed E-state index contributed by atoms with van der Waals surface area (Å²) < 4.78 is 1.10. The SMILES string of the molecule is C[N+](C)(C)CCCCCCCCCCCCCCCCCCCCC(=O)[O-]. The van der Waals surface area contributed by atoms with Crippen LogP contribution in [0.15, 0.2) is 0 Å². The highest BCUT2D eigenvalue weighted by Crippen LogP contribution is 2.14. The van der Waals surface area contributed by atoms with Crippen LogP contribution in [0.4, 0.5) is 0 Å². The van der Waals surface area contributed by atoms with Crippen molar-refractivity contribution in [3.05, 3.63) is 0 Å². The topological polar surface area (TPSA) is 40.1 Å². The van der Waals surface area contributed by atoms with E-state index in [0.717, 1.165) is 17.3 Å². The number of carboxylic acids is 1. The second-order valence-electron chi connectivity index (χ2n) is 9.50. The number of hydrogen-bond acceptors (Lipinski definition) is 2. The van der Waals surface area contributed by atoms with Crippen LogP contribution in [0.5, 0.6) is 0 Å². The first kappa shape index (κ1) is 26.4. The van der Waals surface area contributed by atoms with Crippen LogP contribution in [-0.4, -0.2) is 38.1 Å². The maximum absolute atomic E-state index is 10.3. The van der Waals surface area contributed by atoms with Crippen LogP contribution in [0, 0.1) is 0 Å². The van der Waals surface area contributed by atoms with Crippen LogP contribution in [-0.2, 0) is 4.79 Å². The predicted octanol–water partition coefficient (Wildman–Crippen LogP) is 5.85. The van der Waals surface area contributed by atoms with Crippen LogP contribution in [0.2, 0.25) is 0 Å². The van der Waals surface area contributed by atoms with E-state index < -0.39 is 5.97 Å². The predicted molar refractivity (Wildman–Crippen MR) is 116 cm³/mol. The monoisotopic (exact) mass is 383 g/mol. The molecule has 0 rings (SSSR count). The zero-order chi connectivity index (χ0) is 20.2. The molecule has 0 fully saturated rings. The number of nitrogens with zero attached hydrogens (tertiary/aromatic N) is 1. The lowest BCUT2D eigenvalue weighted by molar-refractivity contribution is -0.870. The Kier molecular flexibility index (Phi) is 18.4. The van der Waals surface area contributed by atoms with Gasteiger partial charge in [-0.05, 0) is 25.7 Å². The Morgan fingerprint density at radius 2 is 0.778 bits per heavy atom. The summed E-state index contributed by atoms with van der Waals surface area (Å²) in [6.45, 7) is 1.31. The summed E-state index contributed by atoms with van der Waals surface area (Å²) in [6, 6.07) is 0. The number of rotatable bonds is 21. The minimum Gasteiger partial charge on any atom is -0.550 e. The molecule has 0 aromatic rings. The van der Waals surface area contributed by atoms with Gasteiger partial charge in [0.1, 0.15) is 0 Å². The Morgan fingerprint density at radius 1 is 0.519 bits per heavy atom. The molecule has 0 radical (unpaired) electrons. The molecule has 162 valence electrons. The van der Waals surface area contributed by atoms with Crippen molar-refractivity contribution < 1.29 is 14.4 Å². The Morgan fingerprint density at radius 3 is 1.04 bits per heavy atom. The van der Waals surface area contributed by atoms with Crippen LogP contribution < -0.4 is 5.11 Å². The average molecular weight is 384 g/mol. The molecule has 0 aromatic heterocycles. The zero-order valence-corrected chi connectivity index (χ0v) is 18.9. The van der Waals surface area contributed by atoms with Gasteiger partial charge in [0, 0.05) is 5.97 Å². The standard InChI is InChI=1S/C24H49NO2/c1-25(2,3)23-21-19-17-15-13-11-9-7-5-4-6-8-10-12-14-16-18-20-22-24(26)27/h4-23H2,1-3H3. The third kappa shape index (κ3) is 25.4. The summed E-state index contributed by atoms with van der Waals surface area (Å²) in [6.07, 6.45) is 24.2. The van der Waals surface area contributed by atoms with Crippen LogP contribution >= 0.6 is 0 Å². The number of carbonyl (C=O) groups excluding carboxylic acids is 1. The molecule has 0 aliphatic heterocycles. The van der Waals surface area contributed by atoms with E-state index in [4.69, 9.17) is 0 Å². The fraction of sp³-hybridized carbons (Fsp3) is 0.958. The summed E-state index contributed by atoms with van der Waals surface area (Å²) in [4.78, 5) is 10.3. The summed E-state index contributed by atoms with van der Waals surface area (Å²) in [7, 11) is 6.85. The van der Waals surface area contributed by atoms with E-state index in [0.29, 0.717) is 0 Å². The maximum atomic E-state index is 10.3. The van der Waals surface area contributed by atoms with Crippen molar-refractivity contribution >= 4 is 5.97 Å². The molecule has 27 heavy (non-hydrogen) atoms. The van der Waals surface area contributed by atoms with E-state index in [2.05, 4.69) is 21.1 Å². The highest BCUT2D eigenvalue weighted by Gasteiger charge is 2.04. The Labute approximate surface area is 170 Å². The first-order valence-electron chi connectivity index (χ1n) is 11.9. The van der Waals surface area contributed by atoms with E-state index >= 15 is 0 Å². The smallest absolute Gasteiger partial charge is 0.0780 e. The van der Waals surface area contributed by atoms with Gasteiger partial charge in [0.15, 0.2) is 0 Å². The van der Waals surface area contributed by atoms with Crippen molar-refractivity contribution in [1.82, 2.24) is 0 Å². The maximum Gasteiger partial charge on any atom is 0.0780 e. The van der Waals surface area contributed by atoms with E-state index in [9.17, 15) is 9.90 Å². The molecule has 3 nitrogen and oxygen atoms in total. The number of unbranched alkanes of at least 4 members (excludes halogenated alkanes) is 17. The van der Waals surface area contributed by atoms with Gasteiger partial charge < -0.3 is 14.4 Å². The lowest BCUT2D eigenvalue weighted by Gasteiger charge is -2.23. The molecule has 0 aliphatic rings. The molecule has 0 bridgehead atoms. The lowest BCUT2D eigenvalue weighted by Crippen LogP contribution is -2.35. The number of aliphatic carboxylic acids is 1. The molecule has 0 unspecified atom stereocenters. The largest absolute Gasteiger partial charge is 0.550 e. The second kappa shape index (κ2) is 18.8. The molecule has 0 aliphatic carbocycles. The molecule has 0 spiro atoms. The summed E-state index contributed by atoms with van der Waals surface area (Å²) >= 11 is 0. The minimum absolute atomic E-state index is 0.233. The molecular formula is C24H49NO2. The number of quaternary nitrogens is 1. The van der Waals surface area contributed by atoms with Gasteiger partial charge in [-0.1, -0.05) is 96.3 Å². The first-order valence-corrected chi connectivity index (χ1v) is 11.9. The summed E-state index contributed by atoms with van der Waals surface area (Å²) in [5, 5.41) is 10.3. The molecule has 3 heteroatoms. The average Bonchev–Trinajstić information content (AvgIpc) is 2.58. The highest BCUT2D eigenvalue weighted by atomic mass is 16.4.